The van der Waals surface area contributed by atoms with Crippen LogP contribution in [0.15, 0.2) is 53.1 Å². The van der Waals surface area contributed by atoms with Gasteiger partial charge >= 0.3 is 0 Å². The average Bonchev–Trinajstić information content (AvgIpc) is 2.98. The highest BCUT2D eigenvalue weighted by Crippen LogP contribution is 2.20. The molecule has 0 aliphatic heterocycles. The molecule has 0 saturated heterocycles. The van der Waals surface area contributed by atoms with E-state index in [2.05, 4.69) is 10.1 Å². The third-order valence-corrected chi connectivity index (χ3v) is 3.58. The number of aromatic nitrogens is 2. The maximum absolute atomic E-state index is 9.83. The fraction of sp³-hybridized carbons (Fsp3) is 0.222. The van der Waals surface area contributed by atoms with Gasteiger partial charge in [-0.1, -0.05) is 47.1 Å². The molecule has 2 aromatic carbocycles. The molecule has 3 aromatic rings. The topological polar surface area (TPSA) is 62.4 Å². The minimum absolute atomic E-state index is 0.297. The maximum Gasteiger partial charge on any atom is 0.241 e. The summed E-state index contributed by atoms with van der Waals surface area (Å²) in [7, 11) is 1.95. The largest absolute Gasteiger partial charge is 0.508 e. The van der Waals surface area contributed by atoms with Gasteiger partial charge in [-0.05, 0) is 26.1 Å². The number of phenols is 1. The second-order valence-electron chi connectivity index (χ2n) is 5.68. The van der Waals surface area contributed by atoms with Crippen molar-refractivity contribution < 1.29 is 9.63 Å². The Bertz CT molecular complexity index is 798. The number of phenolic OH excluding ortho intramolecular Hbond substituents is 1. The Hall–Kier alpha value is -2.66. The molecule has 0 aliphatic carbocycles. The Morgan fingerprint density at radius 2 is 1.91 bits per heavy atom. The van der Waals surface area contributed by atoms with Crippen LogP contribution >= 0.6 is 0 Å². The second-order valence-corrected chi connectivity index (χ2v) is 5.68. The number of benzene rings is 2. The van der Waals surface area contributed by atoms with E-state index in [0.29, 0.717) is 30.6 Å². The van der Waals surface area contributed by atoms with Gasteiger partial charge in [0.1, 0.15) is 5.75 Å². The van der Waals surface area contributed by atoms with Crippen LogP contribution in [0.1, 0.15) is 17.0 Å². The van der Waals surface area contributed by atoms with Gasteiger partial charge in [0.25, 0.3) is 0 Å². The minimum atomic E-state index is 0.297. The van der Waals surface area contributed by atoms with Gasteiger partial charge in [-0.25, -0.2) is 0 Å². The maximum atomic E-state index is 9.83. The van der Waals surface area contributed by atoms with Crippen LogP contribution in [0, 0.1) is 6.92 Å². The van der Waals surface area contributed by atoms with Gasteiger partial charge in [0, 0.05) is 17.7 Å². The molecule has 5 nitrogen and oxygen atoms in total. The van der Waals surface area contributed by atoms with E-state index in [4.69, 9.17) is 4.52 Å². The molecule has 3 rings (SSSR count). The Morgan fingerprint density at radius 1 is 1.09 bits per heavy atom. The van der Waals surface area contributed by atoms with Crippen molar-refractivity contribution in [2.24, 2.45) is 0 Å². The summed E-state index contributed by atoms with van der Waals surface area (Å²) >= 11 is 0. The quantitative estimate of drug-likeness (QED) is 0.783. The first-order valence-corrected chi connectivity index (χ1v) is 7.47. The Kier molecular flexibility index (Phi) is 4.39. The molecule has 0 spiro atoms. The molecule has 5 heteroatoms. The monoisotopic (exact) mass is 309 g/mol. The summed E-state index contributed by atoms with van der Waals surface area (Å²) in [4.78, 5) is 6.46. The lowest BCUT2D eigenvalue weighted by atomic mass is 10.1. The second kappa shape index (κ2) is 6.62. The molecule has 0 radical (unpaired) electrons. The van der Waals surface area contributed by atoms with Crippen LogP contribution in [-0.2, 0) is 13.1 Å². The summed E-state index contributed by atoms with van der Waals surface area (Å²) < 4.78 is 5.33. The molecule has 1 N–H and O–H groups in total. The van der Waals surface area contributed by atoms with E-state index in [1.165, 1.54) is 0 Å². The fourth-order valence-corrected chi connectivity index (χ4v) is 2.44. The highest BCUT2D eigenvalue weighted by molar-refractivity contribution is 5.55. The lowest BCUT2D eigenvalue weighted by Crippen LogP contribution is -2.17. The van der Waals surface area contributed by atoms with Crippen LogP contribution in [0.25, 0.3) is 11.4 Å². The molecule has 0 atom stereocenters. The normalized spacial score (nSPS) is 11.1. The van der Waals surface area contributed by atoms with Crippen LogP contribution in [0.2, 0.25) is 0 Å². The van der Waals surface area contributed by atoms with E-state index in [-0.39, 0.29) is 0 Å². The standard InChI is InChI=1S/C18H19N3O2/c1-13-6-5-8-14(10-13)18-19-17(23-20-18)12-21(2)11-15-7-3-4-9-16(15)22/h3-10,22H,11-12H2,1-2H3. The summed E-state index contributed by atoms with van der Waals surface area (Å²) in [5.74, 6) is 1.45. The molecule has 0 bridgehead atoms. The lowest BCUT2D eigenvalue weighted by Gasteiger charge is -2.14. The van der Waals surface area contributed by atoms with Gasteiger partial charge in [0.15, 0.2) is 0 Å². The zero-order chi connectivity index (χ0) is 16.2. The van der Waals surface area contributed by atoms with E-state index in [9.17, 15) is 5.11 Å². The minimum Gasteiger partial charge on any atom is -0.508 e. The van der Waals surface area contributed by atoms with Crippen molar-refractivity contribution in [2.45, 2.75) is 20.0 Å². The number of aromatic hydroxyl groups is 1. The average molecular weight is 309 g/mol. The summed E-state index contributed by atoms with van der Waals surface area (Å²) in [6.07, 6.45) is 0. The first-order chi connectivity index (χ1) is 11.1. The van der Waals surface area contributed by atoms with Gasteiger partial charge < -0.3 is 9.63 Å². The molecule has 0 amide bonds. The molecule has 0 fully saturated rings. The highest BCUT2D eigenvalue weighted by Gasteiger charge is 2.12. The van der Waals surface area contributed by atoms with Crippen LogP contribution in [-0.4, -0.2) is 27.2 Å². The highest BCUT2D eigenvalue weighted by atomic mass is 16.5. The molecule has 118 valence electrons. The summed E-state index contributed by atoms with van der Waals surface area (Å²) in [6.45, 7) is 3.16. The molecule has 0 saturated carbocycles. The van der Waals surface area contributed by atoms with E-state index in [1.807, 2.05) is 61.3 Å². The smallest absolute Gasteiger partial charge is 0.241 e. The van der Waals surface area contributed by atoms with Crippen molar-refractivity contribution in [1.29, 1.82) is 0 Å². The third kappa shape index (κ3) is 3.76. The van der Waals surface area contributed by atoms with E-state index in [1.54, 1.807) is 6.07 Å². The molecule has 0 aliphatic rings. The number of para-hydroxylation sites is 1. The molecular formula is C18H19N3O2. The summed E-state index contributed by atoms with van der Waals surface area (Å²) in [5, 5.41) is 13.9. The van der Waals surface area contributed by atoms with Crippen molar-refractivity contribution in [3.05, 3.63) is 65.5 Å². The first kappa shape index (κ1) is 15.2. The fourth-order valence-electron chi connectivity index (χ4n) is 2.44. The Morgan fingerprint density at radius 3 is 2.70 bits per heavy atom. The van der Waals surface area contributed by atoms with Gasteiger partial charge in [-0.3, -0.25) is 4.90 Å². The third-order valence-electron chi connectivity index (χ3n) is 3.58. The van der Waals surface area contributed by atoms with Crippen LogP contribution in [0.5, 0.6) is 5.75 Å². The number of hydrogen-bond acceptors (Lipinski definition) is 5. The number of aryl methyl sites for hydroxylation is 1. The summed E-state index contributed by atoms with van der Waals surface area (Å²) in [6, 6.07) is 15.3. The van der Waals surface area contributed by atoms with Crippen molar-refractivity contribution in [1.82, 2.24) is 15.0 Å². The number of hydrogen-bond donors (Lipinski definition) is 1. The van der Waals surface area contributed by atoms with Crippen molar-refractivity contribution in [2.75, 3.05) is 7.05 Å². The van der Waals surface area contributed by atoms with Crippen molar-refractivity contribution in [3.63, 3.8) is 0 Å². The van der Waals surface area contributed by atoms with Crippen LogP contribution in [0.4, 0.5) is 0 Å². The zero-order valence-electron chi connectivity index (χ0n) is 13.2. The van der Waals surface area contributed by atoms with E-state index < -0.39 is 0 Å². The molecule has 1 heterocycles. The first-order valence-electron chi connectivity index (χ1n) is 7.47. The Balaban J connectivity index is 1.68. The predicted molar refractivity (Wildman–Crippen MR) is 87.7 cm³/mol. The lowest BCUT2D eigenvalue weighted by molar-refractivity contribution is 0.258. The van der Waals surface area contributed by atoms with E-state index >= 15 is 0 Å². The van der Waals surface area contributed by atoms with Gasteiger partial charge in [-0.15, -0.1) is 0 Å². The summed E-state index contributed by atoms with van der Waals surface area (Å²) in [5.41, 5.74) is 2.97. The molecule has 23 heavy (non-hydrogen) atoms. The number of nitrogens with zero attached hydrogens (tertiary/aromatic N) is 3. The van der Waals surface area contributed by atoms with Gasteiger partial charge in [-0.2, -0.15) is 4.98 Å². The van der Waals surface area contributed by atoms with Crippen LogP contribution in [0.3, 0.4) is 0 Å². The SMILES string of the molecule is Cc1cccc(-c2noc(CN(C)Cc3ccccc3O)n2)c1. The Labute approximate surface area is 135 Å². The van der Waals surface area contributed by atoms with E-state index in [0.717, 1.165) is 16.7 Å². The van der Waals surface area contributed by atoms with Crippen LogP contribution < -0.4 is 0 Å². The van der Waals surface area contributed by atoms with Gasteiger partial charge in [0.05, 0.1) is 6.54 Å². The molecular weight excluding hydrogens is 290 g/mol. The zero-order valence-corrected chi connectivity index (χ0v) is 13.2. The van der Waals surface area contributed by atoms with Gasteiger partial charge in [0.2, 0.25) is 11.7 Å². The molecule has 1 aromatic heterocycles. The van der Waals surface area contributed by atoms with Crippen molar-refractivity contribution in [3.8, 4) is 17.1 Å². The number of rotatable bonds is 5. The molecule has 0 unspecified atom stereocenters. The van der Waals surface area contributed by atoms with Crippen molar-refractivity contribution >= 4 is 0 Å². The predicted octanol–water partition coefficient (Wildman–Crippen LogP) is 3.38.